The third kappa shape index (κ3) is 3.18. The van der Waals surface area contributed by atoms with Gasteiger partial charge in [0.05, 0.1) is 19.8 Å². The van der Waals surface area contributed by atoms with Gasteiger partial charge in [0.1, 0.15) is 5.41 Å². The molecule has 1 fully saturated rings. The third-order valence-corrected chi connectivity index (χ3v) is 2.62. The largest absolute Gasteiger partial charge is 0.465 e. The fourth-order valence-corrected chi connectivity index (χ4v) is 1.49. The van der Waals surface area contributed by atoms with Gasteiger partial charge in [-0.3, -0.25) is 9.59 Å². The molecule has 6 heteroatoms. The number of hydrogen-bond donors (Lipinski definition) is 1. The van der Waals surface area contributed by atoms with Crippen molar-refractivity contribution in [2.45, 2.75) is 26.7 Å². The molecule has 1 amide bonds. The summed E-state index contributed by atoms with van der Waals surface area (Å²) >= 11 is 0. The predicted molar refractivity (Wildman–Crippen MR) is 58.3 cm³/mol. The molecule has 0 atom stereocenters. The SMILES string of the molecule is CCOC(=O)NCC(=O)C1(C(=O)OCC)CC1. The van der Waals surface area contributed by atoms with E-state index in [0.717, 1.165) is 0 Å². The molecule has 0 aromatic rings. The Labute approximate surface area is 99.6 Å². The zero-order chi connectivity index (χ0) is 12.9. The molecule has 1 N–H and O–H groups in total. The molecule has 96 valence electrons. The maximum Gasteiger partial charge on any atom is 0.407 e. The average molecular weight is 243 g/mol. The summed E-state index contributed by atoms with van der Waals surface area (Å²) in [5.74, 6) is -0.806. The van der Waals surface area contributed by atoms with E-state index >= 15 is 0 Å². The summed E-state index contributed by atoms with van der Waals surface area (Å²) in [7, 11) is 0. The van der Waals surface area contributed by atoms with E-state index in [4.69, 9.17) is 4.74 Å². The molecule has 0 aromatic carbocycles. The molecule has 0 aromatic heterocycles. The van der Waals surface area contributed by atoms with Crippen LogP contribution in [0.15, 0.2) is 0 Å². The second-order valence-corrected chi connectivity index (χ2v) is 3.80. The second kappa shape index (κ2) is 5.65. The summed E-state index contributed by atoms with van der Waals surface area (Å²) in [5, 5.41) is 2.31. The van der Waals surface area contributed by atoms with Crippen LogP contribution in [0.5, 0.6) is 0 Å². The van der Waals surface area contributed by atoms with Crippen LogP contribution in [-0.4, -0.2) is 37.6 Å². The molecular weight excluding hydrogens is 226 g/mol. The first-order valence-corrected chi connectivity index (χ1v) is 5.68. The highest BCUT2D eigenvalue weighted by Gasteiger charge is 2.57. The number of amides is 1. The highest BCUT2D eigenvalue weighted by atomic mass is 16.5. The molecule has 0 radical (unpaired) electrons. The van der Waals surface area contributed by atoms with E-state index in [9.17, 15) is 14.4 Å². The lowest BCUT2D eigenvalue weighted by Crippen LogP contribution is -2.38. The molecule has 0 heterocycles. The van der Waals surface area contributed by atoms with Gasteiger partial charge in [0, 0.05) is 0 Å². The van der Waals surface area contributed by atoms with E-state index < -0.39 is 17.5 Å². The molecule has 1 saturated carbocycles. The van der Waals surface area contributed by atoms with E-state index in [0.29, 0.717) is 12.8 Å². The van der Waals surface area contributed by atoms with E-state index in [1.165, 1.54) is 0 Å². The maximum absolute atomic E-state index is 11.8. The summed E-state index contributed by atoms with van der Waals surface area (Å²) in [6.07, 6.45) is 0.338. The van der Waals surface area contributed by atoms with Crippen LogP contribution in [0, 0.1) is 5.41 Å². The highest BCUT2D eigenvalue weighted by Crippen LogP contribution is 2.47. The Morgan fingerprint density at radius 3 is 2.18 bits per heavy atom. The zero-order valence-corrected chi connectivity index (χ0v) is 10.1. The van der Waals surface area contributed by atoms with Gasteiger partial charge in [0.2, 0.25) is 0 Å². The lowest BCUT2D eigenvalue weighted by molar-refractivity contribution is -0.153. The molecule has 0 aliphatic heterocycles. The minimum Gasteiger partial charge on any atom is -0.465 e. The summed E-state index contributed by atoms with van der Waals surface area (Å²) in [6, 6.07) is 0. The van der Waals surface area contributed by atoms with Crippen LogP contribution < -0.4 is 5.32 Å². The van der Waals surface area contributed by atoms with Crippen LogP contribution in [0.2, 0.25) is 0 Å². The van der Waals surface area contributed by atoms with Crippen LogP contribution >= 0.6 is 0 Å². The smallest absolute Gasteiger partial charge is 0.407 e. The number of hydrogen-bond acceptors (Lipinski definition) is 5. The average Bonchev–Trinajstić information content (AvgIpc) is 3.08. The summed E-state index contributed by atoms with van der Waals surface area (Å²) in [6.45, 7) is 3.65. The predicted octanol–water partition coefficient (Wildman–Crippen LogP) is 0.645. The molecule has 17 heavy (non-hydrogen) atoms. The Morgan fingerprint density at radius 1 is 1.12 bits per heavy atom. The fourth-order valence-electron chi connectivity index (χ4n) is 1.49. The summed E-state index contributed by atoms with van der Waals surface area (Å²) < 4.78 is 9.46. The summed E-state index contributed by atoms with van der Waals surface area (Å²) in [5.41, 5.74) is -1.02. The van der Waals surface area contributed by atoms with Gasteiger partial charge >= 0.3 is 12.1 Å². The molecule has 1 rings (SSSR count). The van der Waals surface area contributed by atoms with Gasteiger partial charge in [-0.2, -0.15) is 0 Å². The number of ether oxygens (including phenoxy) is 2. The fraction of sp³-hybridized carbons (Fsp3) is 0.727. The van der Waals surface area contributed by atoms with Crippen LogP contribution in [0.25, 0.3) is 0 Å². The van der Waals surface area contributed by atoms with Gasteiger partial charge in [-0.05, 0) is 26.7 Å². The lowest BCUT2D eigenvalue weighted by atomic mass is 10.0. The van der Waals surface area contributed by atoms with E-state index in [1.54, 1.807) is 13.8 Å². The highest BCUT2D eigenvalue weighted by molar-refractivity contribution is 6.08. The monoisotopic (exact) mass is 243 g/mol. The van der Waals surface area contributed by atoms with Crippen molar-refractivity contribution in [1.29, 1.82) is 0 Å². The van der Waals surface area contributed by atoms with Crippen LogP contribution in [-0.2, 0) is 19.1 Å². The molecule has 0 spiro atoms. The number of carbonyl (C=O) groups excluding carboxylic acids is 3. The first-order valence-electron chi connectivity index (χ1n) is 5.68. The van der Waals surface area contributed by atoms with Crippen molar-refractivity contribution in [2.24, 2.45) is 5.41 Å². The Hall–Kier alpha value is -1.59. The van der Waals surface area contributed by atoms with Crippen molar-refractivity contribution in [1.82, 2.24) is 5.32 Å². The number of esters is 1. The number of alkyl carbamates (subject to hydrolysis) is 1. The van der Waals surface area contributed by atoms with Gasteiger partial charge in [-0.1, -0.05) is 0 Å². The molecule has 0 unspecified atom stereocenters. The second-order valence-electron chi connectivity index (χ2n) is 3.80. The first kappa shape index (κ1) is 13.5. The Morgan fingerprint density at radius 2 is 1.71 bits per heavy atom. The minimum atomic E-state index is -1.02. The Kier molecular flexibility index (Phi) is 4.48. The van der Waals surface area contributed by atoms with Gasteiger partial charge in [0.25, 0.3) is 0 Å². The normalized spacial score (nSPS) is 15.9. The van der Waals surface area contributed by atoms with E-state index in [2.05, 4.69) is 10.1 Å². The van der Waals surface area contributed by atoms with Crippen LogP contribution in [0.4, 0.5) is 4.79 Å². The number of ketones is 1. The first-order chi connectivity index (χ1) is 8.06. The minimum absolute atomic E-state index is 0.197. The number of carbonyl (C=O) groups is 3. The molecule has 1 aliphatic rings. The summed E-state index contributed by atoms with van der Waals surface area (Å²) in [4.78, 5) is 34.3. The van der Waals surface area contributed by atoms with Crippen molar-refractivity contribution >= 4 is 17.8 Å². The molecule has 0 saturated heterocycles. The van der Waals surface area contributed by atoms with Crippen molar-refractivity contribution in [3.8, 4) is 0 Å². The number of Topliss-reactive ketones (excluding diaryl/α,β-unsaturated/α-hetero) is 1. The number of nitrogens with one attached hydrogen (secondary N) is 1. The quantitative estimate of drug-likeness (QED) is 0.547. The number of rotatable bonds is 6. The van der Waals surface area contributed by atoms with Crippen molar-refractivity contribution in [3.63, 3.8) is 0 Å². The maximum atomic E-state index is 11.8. The van der Waals surface area contributed by atoms with Gasteiger partial charge in [0.15, 0.2) is 5.78 Å². The van der Waals surface area contributed by atoms with Crippen molar-refractivity contribution in [2.75, 3.05) is 19.8 Å². The third-order valence-electron chi connectivity index (χ3n) is 2.62. The Balaban J connectivity index is 2.42. The topological polar surface area (TPSA) is 81.7 Å². The standard InChI is InChI=1S/C11H17NO5/c1-3-16-9(14)11(5-6-11)8(13)7-12-10(15)17-4-2/h3-7H2,1-2H3,(H,12,15). The molecule has 1 aliphatic carbocycles. The van der Waals surface area contributed by atoms with Gasteiger partial charge < -0.3 is 14.8 Å². The van der Waals surface area contributed by atoms with Crippen molar-refractivity contribution in [3.05, 3.63) is 0 Å². The van der Waals surface area contributed by atoms with Crippen molar-refractivity contribution < 1.29 is 23.9 Å². The van der Waals surface area contributed by atoms with E-state index in [-0.39, 0.29) is 25.5 Å². The van der Waals surface area contributed by atoms with Crippen LogP contribution in [0.3, 0.4) is 0 Å². The molecule has 0 bridgehead atoms. The molecule has 6 nitrogen and oxygen atoms in total. The zero-order valence-electron chi connectivity index (χ0n) is 10.1. The Bertz CT molecular complexity index is 322. The molecular formula is C11H17NO5. The van der Waals surface area contributed by atoms with Gasteiger partial charge in [-0.15, -0.1) is 0 Å². The van der Waals surface area contributed by atoms with Gasteiger partial charge in [-0.25, -0.2) is 4.79 Å². The van der Waals surface area contributed by atoms with Crippen LogP contribution in [0.1, 0.15) is 26.7 Å². The van der Waals surface area contributed by atoms with E-state index in [1.807, 2.05) is 0 Å². The lowest BCUT2D eigenvalue weighted by Gasteiger charge is -2.12.